The van der Waals surface area contributed by atoms with Crippen molar-refractivity contribution < 1.29 is 0 Å². The minimum atomic E-state index is 0.433. The molecule has 32 heavy (non-hydrogen) atoms. The third kappa shape index (κ3) is 6.10. The third-order valence-electron chi connectivity index (χ3n) is 6.79. The van der Waals surface area contributed by atoms with Gasteiger partial charge in [-0.25, -0.2) is 0 Å². The van der Waals surface area contributed by atoms with E-state index in [-0.39, 0.29) is 0 Å². The van der Waals surface area contributed by atoms with Gasteiger partial charge in [0, 0.05) is 29.3 Å². The van der Waals surface area contributed by atoms with Gasteiger partial charge in [-0.3, -0.25) is 0 Å². The highest BCUT2D eigenvalue weighted by molar-refractivity contribution is 9.10. The van der Waals surface area contributed by atoms with Crippen molar-refractivity contribution in [2.45, 2.75) is 70.4 Å². The van der Waals surface area contributed by atoms with Crippen LogP contribution in [0.2, 0.25) is 0 Å². The highest BCUT2D eigenvalue weighted by Gasteiger charge is 2.24. The summed E-state index contributed by atoms with van der Waals surface area (Å²) in [5, 5.41) is 7.03. The number of nitrogens with one attached hydrogen (secondary N) is 2. The van der Waals surface area contributed by atoms with Crippen LogP contribution < -0.4 is 15.5 Å². The third-order valence-corrected chi connectivity index (χ3v) is 7.65. The lowest BCUT2D eigenvalue weighted by molar-refractivity contribution is 0.252. The molecule has 174 valence electrons. The number of benzene rings is 1. The van der Waals surface area contributed by atoms with E-state index in [9.17, 15) is 0 Å². The monoisotopic (exact) mass is 501 g/mol. The van der Waals surface area contributed by atoms with Crippen molar-refractivity contribution in [1.82, 2.24) is 19.9 Å². The average molecular weight is 503 g/mol. The van der Waals surface area contributed by atoms with E-state index in [2.05, 4.69) is 75.6 Å². The lowest BCUT2D eigenvalue weighted by atomic mass is 10.0. The first-order valence-corrected chi connectivity index (χ1v) is 12.7. The van der Waals surface area contributed by atoms with E-state index >= 15 is 0 Å². The van der Waals surface area contributed by atoms with E-state index in [4.69, 9.17) is 15.0 Å². The number of aryl methyl sites for hydroxylation is 1. The zero-order valence-electron chi connectivity index (χ0n) is 19.6. The Morgan fingerprint density at radius 1 is 0.969 bits per heavy atom. The van der Waals surface area contributed by atoms with E-state index in [0.717, 1.165) is 42.0 Å². The molecule has 0 amide bonds. The molecule has 2 aromatic rings. The summed E-state index contributed by atoms with van der Waals surface area (Å²) in [7, 11) is 4.31. The van der Waals surface area contributed by atoms with Crippen LogP contribution in [-0.4, -0.2) is 59.1 Å². The maximum atomic E-state index is 4.86. The quantitative estimate of drug-likeness (QED) is 0.516. The Hall–Kier alpha value is -1.93. The van der Waals surface area contributed by atoms with Crippen LogP contribution in [0, 0.1) is 6.92 Å². The Bertz CT molecular complexity index is 890. The molecule has 0 spiro atoms. The average Bonchev–Trinajstić information content (AvgIpc) is 3.05. The maximum absolute atomic E-state index is 4.86. The molecule has 0 radical (unpaired) electrons. The first-order valence-electron chi connectivity index (χ1n) is 11.9. The predicted molar refractivity (Wildman–Crippen MR) is 136 cm³/mol. The molecular formula is C24H36BrN7. The fourth-order valence-corrected chi connectivity index (χ4v) is 4.97. The second-order valence-electron chi connectivity index (χ2n) is 9.35. The minimum Gasteiger partial charge on any atom is -0.351 e. The van der Waals surface area contributed by atoms with Crippen LogP contribution in [0.4, 0.5) is 23.5 Å². The number of rotatable bonds is 6. The van der Waals surface area contributed by atoms with E-state index < -0.39 is 0 Å². The molecule has 2 aliphatic rings. The highest BCUT2D eigenvalue weighted by Crippen LogP contribution is 2.26. The van der Waals surface area contributed by atoms with Crippen molar-refractivity contribution in [3.05, 3.63) is 28.2 Å². The van der Waals surface area contributed by atoms with Crippen molar-refractivity contribution >= 4 is 39.5 Å². The van der Waals surface area contributed by atoms with Gasteiger partial charge in [-0.05, 0) is 70.4 Å². The highest BCUT2D eigenvalue weighted by atomic mass is 79.9. The van der Waals surface area contributed by atoms with E-state index in [1.165, 1.54) is 44.1 Å². The molecule has 0 atom stereocenters. The number of halogens is 1. The number of likely N-dealkylation sites (tertiary alicyclic amines) is 1. The Morgan fingerprint density at radius 3 is 2.34 bits per heavy atom. The predicted octanol–water partition coefficient (Wildman–Crippen LogP) is 5.35. The molecule has 2 N–H and O–H groups in total. The van der Waals surface area contributed by atoms with Gasteiger partial charge >= 0.3 is 0 Å². The van der Waals surface area contributed by atoms with Gasteiger partial charge in [0.25, 0.3) is 0 Å². The summed E-state index contributed by atoms with van der Waals surface area (Å²) in [6.07, 6.45) is 9.80. The summed E-state index contributed by atoms with van der Waals surface area (Å²) >= 11 is 3.62. The Labute approximate surface area is 200 Å². The fraction of sp³-hybridized carbons (Fsp3) is 0.625. The Kier molecular flexibility index (Phi) is 7.84. The van der Waals surface area contributed by atoms with Gasteiger partial charge in [0.1, 0.15) is 0 Å². The van der Waals surface area contributed by atoms with Crippen molar-refractivity contribution in [3.63, 3.8) is 0 Å². The first-order chi connectivity index (χ1) is 15.5. The SMILES string of the molecule is Cc1ccc(Nc2nc(NC3CCCCCC3)nc(N(C)C3CCN(C)CC3)n2)cc1Br. The summed E-state index contributed by atoms with van der Waals surface area (Å²) in [5.74, 6) is 2.00. The first kappa shape index (κ1) is 23.2. The van der Waals surface area contributed by atoms with E-state index in [0.29, 0.717) is 24.0 Å². The van der Waals surface area contributed by atoms with Gasteiger partial charge in [-0.1, -0.05) is 47.7 Å². The molecule has 1 saturated heterocycles. The summed E-state index contributed by atoms with van der Waals surface area (Å²) < 4.78 is 1.07. The maximum Gasteiger partial charge on any atom is 0.233 e. The molecule has 0 unspecified atom stereocenters. The van der Waals surface area contributed by atoms with Gasteiger partial charge in [0.2, 0.25) is 17.8 Å². The summed E-state index contributed by atoms with van der Waals surface area (Å²) in [6, 6.07) is 7.09. The van der Waals surface area contributed by atoms with Crippen molar-refractivity contribution in [2.75, 3.05) is 42.7 Å². The lowest BCUT2D eigenvalue weighted by Crippen LogP contribution is -2.42. The van der Waals surface area contributed by atoms with Gasteiger partial charge < -0.3 is 20.4 Å². The molecule has 1 aromatic heterocycles. The molecule has 1 aromatic carbocycles. The molecule has 1 saturated carbocycles. The standard InChI is InChI=1S/C24H36BrN7/c1-17-10-11-19(16-21(17)25)27-23-28-22(26-18-8-6-4-5-7-9-18)29-24(30-23)32(3)20-12-14-31(2)15-13-20/h10-11,16,18,20H,4-9,12-15H2,1-3H3,(H2,26,27,28,29,30). The largest absolute Gasteiger partial charge is 0.351 e. The molecule has 2 heterocycles. The topological polar surface area (TPSA) is 69.2 Å². The van der Waals surface area contributed by atoms with Crippen LogP contribution in [0.3, 0.4) is 0 Å². The van der Waals surface area contributed by atoms with Crippen molar-refractivity contribution in [3.8, 4) is 0 Å². The summed E-state index contributed by atoms with van der Waals surface area (Å²) in [6.45, 7) is 4.30. The van der Waals surface area contributed by atoms with Crippen molar-refractivity contribution in [1.29, 1.82) is 0 Å². The molecule has 8 heteroatoms. The van der Waals surface area contributed by atoms with Gasteiger partial charge in [0.15, 0.2) is 0 Å². The molecular weight excluding hydrogens is 466 g/mol. The molecule has 2 fully saturated rings. The molecule has 4 rings (SSSR count). The second kappa shape index (κ2) is 10.8. The zero-order valence-corrected chi connectivity index (χ0v) is 21.2. The van der Waals surface area contributed by atoms with Crippen LogP contribution >= 0.6 is 15.9 Å². The van der Waals surface area contributed by atoms with Gasteiger partial charge in [0.05, 0.1) is 0 Å². The van der Waals surface area contributed by atoms with Crippen LogP contribution in [0.25, 0.3) is 0 Å². The Morgan fingerprint density at radius 2 is 1.66 bits per heavy atom. The number of hydrogen-bond acceptors (Lipinski definition) is 7. The Balaban J connectivity index is 1.58. The van der Waals surface area contributed by atoms with Gasteiger partial charge in [-0.2, -0.15) is 15.0 Å². The summed E-state index contributed by atoms with van der Waals surface area (Å²) in [5.41, 5.74) is 2.16. The molecule has 0 bridgehead atoms. The van der Waals surface area contributed by atoms with Crippen LogP contribution in [0.5, 0.6) is 0 Å². The minimum absolute atomic E-state index is 0.433. The van der Waals surface area contributed by atoms with Gasteiger partial charge in [-0.15, -0.1) is 0 Å². The zero-order chi connectivity index (χ0) is 22.5. The second-order valence-corrected chi connectivity index (χ2v) is 10.2. The number of aromatic nitrogens is 3. The lowest BCUT2D eigenvalue weighted by Gasteiger charge is -2.35. The number of piperidine rings is 1. The van der Waals surface area contributed by atoms with E-state index in [1.54, 1.807) is 0 Å². The number of hydrogen-bond donors (Lipinski definition) is 2. The fourth-order valence-electron chi connectivity index (χ4n) is 4.59. The van der Waals surface area contributed by atoms with E-state index in [1.807, 2.05) is 0 Å². The van der Waals surface area contributed by atoms with Crippen molar-refractivity contribution in [2.24, 2.45) is 0 Å². The smallest absolute Gasteiger partial charge is 0.233 e. The van der Waals surface area contributed by atoms with Crippen LogP contribution in [0.1, 0.15) is 56.9 Å². The van der Waals surface area contributed by atoms with Crippen LogP contribution in [-0.2, 0) is 0 Å². The van der Waals surface area contributed by atoms with Crippen LogP contribution in [0.15, 0.2) is 22.7 Å². The summed E-state index contributed by atoms with van der Waals surface area (Å²) in [4.78, 5) is 19.0. The molecule has 1 aliphatic carbocycles. The normalized spacial score (nSPS) is 18.9. The molecule has 1 aliphatic heterocycles. The number of anilines is 4. The molecule has 7 nitrogen and oxygen atoms in total. The number of nitrogens with zero attached hydrogens (tertiary/aromatic N) is 5.